The van der Waals surface area contributed by atoms with Crippen molar-refractivity contribution in [1.29, 1.82) is 0 Å². The highest BCUT2D eigenvalue weighted by molar-refractivity contribution is 7.98. The van der Waals surface area contributed by atoms with E-state index in [2.05, 4.69) is 37.6 Å². The average Bonchev–Trinajstić information content (AvgIpc) is 2.90. The Morgan fingerprint density at radius 1 is 1.25 bits per heavy atom. The molecule has 1 aromatic rings. The Labute approximate surface area is 126 Å². The van der Waals surface area contributed by atoms with Gasteiger partial charge in [-0.05, 0) is 61.9 Å². The van der Waals surface area contributed by atoms with Crippen LogP contribution in [0.5, 0.6) is 11.5 Å². The van der Waals surface area contributed by atoms with Gasteiger partial charge in [0.1, 0.15) is 0 Å². The zero-order chi connectivity index (χ0) is 14.4. The van der Waals surface area contributed by atoms with Gasteiger partial charge in [0.25, 0.3) is 0 Å². The van der Waals surface area contributed by atoms with E-state index in [0.29, 0.717) is 12.8 Å². The van der Waals surface area contributed by atoms with Gasteiger partial charge in [-0.3, -0.25) is 0 Å². The number of aryl methyl sites for hydroxylation is 1. The number of rotatable bonds is 8. The van der Waals surface area contributed by atoms with Crippen LogP contribution in [0.2, 0.25) is 0 Å². The second-order valence-electron chi connectivity index (χ2n) is 5.60. The van der Waals surface area contributed by atoms with Gasteiger partial charge >= 0.3 is 0 Å². The second kappa shape index (κ2) is 7.79. The Morgan fingerprint density at radius 3 is 2.85 bits per heavy atom. The molecule has 1 aliphatic heterocycles. The molecular formula is C16H25NO2S. The average molecular weight is 295 g/mol. The van der Waals surface area contributed by atoms with Gasteiger partial charge in [-0.15, -0.1) is 0 Å². The van der Waals surface area contributed by atoms with E-state index in [-0.39, 0.29) is 0 Å². The minimum absolute atomic E-state index is 0.351. The molecule has 0 radical (unpaired) electrons. The molecule has 0 saturated heterocycles. The highest BCUT2D eigenvalue weighted by Gasteiger charge is 2.13. The summed E-state index contributed by atoms with van der Waals surface area (Å²) in [5.74, 6) is 3.71. The van der Waals surface area contributed by atoms with Crippen LogP contribution in [0.15, 0.2) is 18.2 Å². The minimum atomic E-state index is 0.351. The molecule has 1 aliphatic rings. The van der Waals surface area contributed by atoms with Crippen molar-refractivity contribution in [2.45, 2.75) is 32.7 Å². The van der Waals surface area contributed by atoms with Gasteiger partial charge in [-0.1, -0.05) is 13.0 Å². The summed E-state index contributed by atoms with van der Waals surface area (Å²) in [6, 6.07) is 6.79. The first-order chi connectivity index (χ1) is 9.69. The quantitative estimate of drug-likeness (QED) is 0.797. The Bertz CT molecular complexity index is 425. The molecule has 112 valence electrons. The summed E-state index contributed by atoms with van der Waals surface area (Å²) >= 11 is 1.92. The van der Waals surface area contributed by atoms with Gasteiger partial charge in [0.05, 0.1) is 0 Å². The van der Waals surface area contributed by atoms with Crippen molar-refractivity contribution in [3.05, 3.63) is 23.8 Å². The molecule has 4 heteroatoms. The van der Waals surface area contributed by atoms with Crippen LogP contribution in [0.1, 0.15) is 25.8 Å². The molecule has 0 saturated carbocycles. The third-order valence-electron chi connectivity index (χ3n) is 3.57. The summed E-state index contributed by atoms with van der Waals surface area (Å²) in [7, 11) is 0. The van der Waals surface area contributed by atoms with E-state index in [1.807, 2.05) is 17.8 Å². The fourth-order valence-corrected chi connectivity index (χ4v) is 3.01. The molecule has 0 spiro atoms. The normalized spacial score (nSPS) is 16.1. The second-order valence-corrected chi connectivity index (χ2v) is 6.51. The Kier molecular flexibility index (Phi) is 6.05. The first kappa shape index (κ1) is 15.5. The van der Waals surface area contributed by atoms with Gasteiger partial charge in [0, 0.05) is 6.04 Å². The Hall–Kier alpha value is -0.870. The third-order valence-corrected chi connectivity index (χ3v) is 4.47. The van der Waals surface area contributed by atoms with E-state index in [1.165, 1.54) is 11.3 Å². The molecule has 1 N–H and O–H groups in total. The number of benzene rings is 1. The molecule has 1 heterocycles. The van der Waals surface area contributed by atoms with Crippen LogP contribution >= 0.6 is 11.8 Å². The predicted molar refractivity (Wildman–Crippen MR) is 85.9 cm³/mol. The predicted octanol–water partition coefficient (Wildman–Crippen LogP) is 3.33. The van der Waals surface area contributed by atoms with Crippen molar-refractivity contribution >= 4 is 11.8 Å². The van der Waals surface area contributed by atoms with Gasteiger partial charge < -0.3 is 14.8 Å². The first-order valence-electron chi connectivity index (χ1n) is 7.30. The van der Waals surface area contributed by atoms with Crippen LogP contribution in [0.4, 0.5) is 0 Å². The summed E-state index contributed by atoms with van der Waals surface area (Å²) in [6.07, 6.45) is 4.38. The van der Waals surface area contributed by atoms with Crippen molar-refractivity contribution in [2.75, 3.05) is 25.3 Å². The molecule has 3 nitrogen and oxygen atoms in total. The van der Waals surface area contributed by atoms with E-state index in [9.17, 15) is 0 Å². The lowest BCUT2D eigenvalue weighted by Gasteiger charge is -2.17. The zero-order valence-corrected chi connectivity index (χ0v) is 13.5. The smallest absolute Gasteiger partial charge is 0.231 e. The molecule has 1 aromatic carbocycles. The lowest BCUT2D eigenvalue weighted by atomic mass is 10.1. The number of ether oxygens (including phenoxy) is 2. The first-order valence-corrected chi connectivity index (χ1v) is 8.69. The monoisotopic (exact) mass is 295 g/mol. The SMILES string of the molecule is CSCC(C)CNC(C)CCc1ccc2c(c1)OCO2. The van der Waals surface area contributed by atoms with E-state index >= 15 is 0 Å². The van der Waals surface area contributed by atoms with Crippen molar-refractivity contribution in [1.82, 2.24) is 5.32 Å². The third kappa shape index (κ3) is 4.60. The van der Waals surface area contributed by atoms with E-state index in [0.717, 1.165) is 36.8 Å². The van der Waals surface area contributed by atoms with E-state index in [4.69, 9.17) is 9.47 Å². The summed E-state index contributed by atoms with van der Waals surface area (Å²) in [6.45, 7) is 6.01. The maximum absolute atomic E-state index is 5.41. The van der Waals surface area contributed by atoms with E-state index < -0.39 is 0 Å². The van der Waals surface area contributed by atoms with Gasteiger partial charge in [-0.2, -0.15) is 11.8 Å². The van der Waals surface area contributed by atoms with E-state index in [1.54, 1.807) is 0 Å². The van der Waals surface area contributed by atoms with Crippen molar-refractivity contribution in [3.63, 3.8) is 0 Å². The van der Waals surface area contributed by atoms with Crippen LogP contribution in [0.3, 0.4) is 0 Å². The number of hydrogen-bond donors (Lipinski definition) is 1. The summed E-state index contributed by atoms with van der Waals surface area (Å²) in [5.41, 5.74) is 1.32. The Balaban J connectivity index is 1.72. The lowest BCUT2D eigenvalue weighted by molar-refractivity contribution is 0.174. The molecule has 0 aromatic heterocycles. The number of fused-ring (bicyclic) bond motifs is 1. The molecule has 0 fully saturated rings. The van der Waals surface area contributed by atoms with Gasteiger partial charge in [-0.25, -0.2) is 0 Å². The van der Waals surface area contributed by atoms with Crippen LogP contribution < -0.4 is 14.8 Å². The minimum Gasteiger partial charge on any atom is -0.454 e. The van der Waals surface area contributed by atoms with Crippen LogP contribution in [-0.2, 0) is 6.42 Å². The van der Waals surface area contributed by atoms with Gasteiger partial charge in [0.15, 0.2) is 11.5 Å². The van der Waals surface area contributed by atoms with Crippen LogP contribution in [-0.4, -0.2) is 31.4 Å². The standard InChI is InChI=1S/C16H25NO2S/c1-12(10-20-3)9-17-13(2)4-5-14-6-7-15-16(8-14)19-11-18-15/h6-8,12-13,17H,4-5,9-11H2,1-3H3. The van der Waals surface area contributed by atoms with Gasteiger partial charge in [0.2, 0.25) is 6.79 Å². The van der Waals surface area contributed by atoms with Crippen molar-refractivity contribution in [2.24, 2.45) is 5.92 Å². The largest absolute Gasteiger partial charge is 0.454 e. The fraction of sp³-hybridized carbons (Fsp3) is 0.625. The Morgan fingerprint density at radius 2 is 2.05 bits per heavy atom. The molecule has 2 rings (SSSR count). The van der Waals surface area contributed by atoms with Crippen molar-refractivity contribution < 1.29 is 9.47 Å². The molecule has 0 bridgehead atoms. The molecular weight excluding hydrogens is 270 g/mol. The lowest BCUT2D eigenvalue weighted by Crippen LogP contribution is -2.31. The highest BCUT2D eigenvalue weighted by Crippen LogP contribution is 2.32. The molecule has 2 atom stereocenters. The topological polar surface area (TPSA) is 30.5 Å². The maximum atomic E-state index is 5.41. The molecule has 0 aliphatic carbocycles. The molecule has 20 heavy (non-hydrogen) atoms. The number of hydrogen-bond acceptors (Lipinski definition) is 4. The summed E-state index contributed by atoms with van der Waals surface area (Å²) < 4.78 is 10.7. The van der Waals surface area contributed by atoms with Crippen LogP contribution in [0, 0.1) is 5.92 Å². The zero-order valence-electron chi connectivity index (χ0n) is 12.6. The summed E-state index contributed by atoms with van der Waals surface area (Å²) in [4.78, 5) is 0. The maximum Gasteiger partial charge on any atom is 0.231 e. The van der Waals surface area contributed by atoms with Crippen molar-refractivity contribution in [3.8, 4) is 11.5 Å². The highest BCUT2D eigenvalue weighted by atomic mass is 32.2. The fourth-order valence-electron chi connectivity index (χ4n) is 2.33. The molecule has 2 unspecified atom stereocenters. The van der Waals surface area contributed by atoms with Crippen LogP contribution in [0.25, 0.3) is 0 Å². The number of thioether (sulfide) groups is 1. The number of nitrogens with one attached hydrogen (secondary N) is 1. The summed E-state index contributed by atoms with van der Waals surface area (Å²) in [5, 5.41) is 3.62. The molecule has 0 amide bonds.